The number of piperidine rings is 1. The maximum atomic E-state index is 12.5. The van der Waals surface area contributed by atoms with E-state index in [2.05, 4.69) is 51.6 Å². The number of H-pyrrole nitrogens is 1. The predicted octanol–water partition coefficient (Wildman–Crippen LogP) is 3.24. The zero-order valence-corrected chi connectivity index (χ0v) is 17.6. The molecule has 2 N–H and O–H groups in total. The van der Waals surface area contributed by atoms with Gasteiger partial charge in [0.15, 0.2) is 0 Å². The van der Waals surface area contributed by atoms with Gasteiger partial charge in [0, 0.05) is 44.2 Å². The standard InChI is InChI=1S/C24H25N5O2/c1-28-23(31)27-22(30)24(28)13-16-11-19-20(12-17(16)14-24)26-21(25-19)15-5-7-18(8-6-15)29-9-3-2-4-10-29/h5-8,11-12H,2-4,9-10,13-14H2,1H3,(H,25,26)(H,27,30,31). The van der Waals surface area contributed by atoms with E-state index in [0.717, 1.165) is 46.6 Å². The van der Waals surface area contributed by atoms with Crippen LogP contribution in [-0.4, -0.2) is 52.5 Å². The molecule has 0 bridgehead atoms. The van der Waals surface area contributed by atoms with Crippen molar-refractivity contribution < 1.29 is 9.59 Å². The molecule has 1 aromatic heterocycles. The van der Waals surface area contributed by atoms with Crippen LogP contribution in [0.15, 0.2) is 36.4 Å². The third-order valence-corrected chi connectivity index (χ3v) is 7.22. The maximum absolute atomic E-state index is 12.5. The third kappa shape index (κ3) is 2.76. The van der Waals surface area contributed by atoms with Crippen LogP contribution in [0.4, 0.5) is 10.5 Å². The smallest absolute Gasteiger partial charge is 0.324 e. The summed E-state index contributed by atoms with van der Waals surface area (Å²) in [4.78, 5) is 36.7. The summed E-state index contributed by atoms with van der Waals surface area (Å²) in [7, 11) is 1.70. The number of rotatable bonds is 2. The van der Waals surface area contributed by atoms with Gasteiger partial charge in [-0.1, -0.05) is 0 Å². The molecular formula is C24H25N5O2. The molecule has 2 aromatic carbocycles. The number of likely N-dealkylation sites (N-methyl/N-ethyl adjacent to an activating group) is 1. The fourth-order valence-electron chi connectivity index (χ4n) is 5.33. The number of imide groups is 1. The van der Waals surface area contributed by atoms with E-state index in [-0.39, 0.29) is 11.9 Å². The molecule has 2 saturated heterocycles. The van der Waals surface area contributed by atoms with E-state index in [0.29, 0.717) is 12.8 Å². The van der Waals surface area contributed by atoms with Crippen molar-refractivity contribution in [3.63, 3.8) is 0 Å². The summed E-state index contributed by atoms with van der Waals surface area (Å²) in [6.07, 6.45) is 4.92. The van der Waals surface area contributed by atoms with Crippen LogP contribution in [0.2, 0.25) is 0 Å². The Balaban J connectivity index is 1.29. The van der Waals surface area contributed by atoms with Gasteiger partial charge < -0.3 is 14.8 Å². The normalized spacial score (nSPS) is 20.0. The predicted molar refractivity (Wildman–Crippen MR) is 119 cm³/mol. The fraction of sp³-hybridized carbons (Fsp3) is 0.375. The average Bonchev–Trinajstić information content (AvgIpc) is 3.43. The van der Waals surface area contributed by atoms with E-state index in [1.54, 1.807) is 11.9 Å². The highest BCUT2D eigenvalue weighted by molar-refractivity contribution is 6.07. The van der Waals surface area contributed by atoms with Crippen molar-refractivity contribution in [1.82, 2.24) is 20.2 Å². The van der Waals surface area contributed by atoms with Crippen LogP contribution in [0.3, 0.4) is 0 Å². The molecule has 7 heteroatoms. The highest BCUT2D eigenvalue weighted by atomic mass is 16.2. The van der Waals surface area contributed by atoms with Crippen molar-refractivity contribution >= 4 is 28.7 Å². The summed E-state index contributed by atoms with van der Waals surface area (Å²) >= 11 is 0. The molecule has 2 fully saturated rings. The van der Waals surface area contributed by atoms with E-state index >= 15 is 0 Å². The van der Waals surface area contributed by atoms with Crippen LogP contribution < -0.4 is 10.2 Å². The average molecular weight is 415 g/mol. The number of benzene rings is 2. The van der Waals surface area contributed by atoms with E-state index in [1.165, 1.54) is 24.9 Å². The van der Waals surface area contributed by atoms with Gasteiger partial charge in [0.25, 0.3) is 5.91 Å². The Morgan fingerprint density at radius 3 is 2.35 bits per heavy atom. The first kappa shape index (κ1) is 18.4. The Morgan fingerprint density at radius 2 is 1.68 bits per heavy atom. The van der Waals surface area contributed by atoms with Gasteiger partial charge in [-0.15, -0.1) is 0 Å². The highest BCUT2D eigenvalue weighted by Crippen LogP contribution is 2.39. The lowest BCUT2D eigenvalue weighted by molar-refractivity contribution is -0.125. The van der Waals surface area contributed by atoms with Gasteiger partial charge in [-0.25, -0.2) is 9.78 Å². The molecule has 3 amide bonds. The first-order chi connectivity index (χ1) is 15.0. The van der Waals surface area contributed by atoms with E-state index < -0.39 is 5.54 Å². The first-order valence-electron chi connectivity index (χ1n) is 11.0. The molecule has 1 aliphatic carbocycles. The number of aromatic amines is 1. The Morgan fingerprint density at radius 1 is 0.968 bits per heavy atom. The number of hydrogen-bond acceptors (Lipinski definition) is 4. The van der Waals surface area contributed by atoms with Crippen LogP contribution >= 0.6 is 0 Å². The summed E-state index contributed by atoms with van der Waals surface area (Å²) in [6.45, 7) is 2.27. The number of carbonyl (C=O) groups excluding carboxylic acids is 2. The SMILES string of the molecule is CN1C(=O)NC(=O)C12Cc1cc3nc(-c4ccc(N5CCCCC5)cc4)[nH]c3cc1C2. The largest absolute Gasteiger partial charge is 0.372 e. The first-order valence-corrected chi connectivity index (χ1v) is 11.0. The molecule has 3 aromatic rings. The molecule has 158 valence electrons. The number of nitrogens with zero attached hydrogens (tertiary/aromatic N) is 3. The van der Waals surface area contributed by atoms with Gasteiger partial charge in [0.05, 0.1) is 11.0 Å². The molecule has 7 nitrogen and oxygen atoms in total. The molecule has 31 heavy (non-hydrogen) atoms. The Hall–Kier alpha value is -3.35. The summed E-state index contributed by atoms with van der Waals surface area (Å²) in [5.74, 6) is 0.645. The minimum atomic E-state index is -0.800. The molecular weight excluding hydrogens is 390 g/mol. The molecule has 3 aliphatic rings. The number of carbonyl (C=O) groups is 2. The second-order valence-electron chi connectivity index (χ2n) is 9.02. The third-order valence-electron chi connectivity index (χ3n) is 7.22. The molecule has 0 saturated carbocycles. The number of nitrogens with one attached hydrogen (secondary N) is 2. The summed E-state index contributed by atoms with van der Waals surface area (Å²) in [5.41, 5.74) is 5.57. The van der Waals surface area contributed by atoms with Crippen molar-refractivity contribution in [2.75, 3.05) is 25.0 Å². The van der Waals surface area contributed by atoms with E-state index in [1.807, 2.05) is 0 Å². The summed E-state index contributed by atoms with van der Waals surface area (Å²) in [5, 5.41) is 2.45. The van der Waals surface area contributed by atoms with Crippen LogP contribution in [0.25, 0.3) is 22.4 Å². The van der Waals surface area contributed by atoms with Gasteiger partial charge in [0.1, 0.15) is 11.4 Å². The molecule has 1 spiro atoms. The van der Waals surface area contributed by atoms with Gasteiger partial charge in [-0.05, 0) is 66.8 Å². The van der Waals surface area contributed by atoms with Crippen LogP contribution in [0.5, 0.6) is 0 Å². The minimum Gasteiger partial charge on any atom is -0.372 e. The molecule has 6 rings (SSSR count). The number of amides is 3. The lowest BCUT2D eigenvalue weighted by Crippen LogP contribution is -2.48. The quantitative estimate of drug-likeness (QED) is 0.630. The van der Waals surface area contributed by atoms with Crippen molar-refractivity contribution in [2.24, 2.45) is 0 Å². The van der Waals surface area contributed by atoms with Gasteiger partial charge >= 0.3 is 6.03 Å². The number of urea groups is 1. The number of fused-ring (bicyclic) bond motifs is 2. The Labute approximate surface area is 180 Å². The molecule has 1 atom stereocenters. The second-order valence-corrected chi connectivity index (χ2v) is 9.02. The second kappa shape index (κ2) is 6.57. The highest BCUT2D eigenvalue weighted by Gasteiger charge is 2.54. The topological polar surface area (TPSA) is 81.3 Å². The Kier molecular flexibility index (Phi) is 3.91. The maximum Gasteiger partial charge on any atom is 0.324 e. The number of hydrogen-bond donors (Lipinski definition) is 2. The Bertz CT molecular complexity index is 1160. The van der Waals surface area contributed by atoms with Crippen molar-refractivity contribution in [3.05, 3.63) is 47.5 Å². The zero-order valence-electron chi connectivity index (χ0n) is 17.6. The number of imidazole rings is 1. The van der Waals surface area contributed by atoms with E-state index in [4.69, 9.17) is 4.98 Å². The lowest BCUT2D eigenvalue weighted by Gasteiger charge is -2.28. The lowest BCUT2D eigenvalue weighted by atomic mass is 9.95. The van der Waals surface area contributed by atoms with Gasteiger partial charge in [0.2, 0.25) is 0 Å². The molecule has 3 heterocycles. The van der Waals surface area contributed by atoms with Crippen molar-refractivity contribution in [2.45, 2.75) is 37.6 Å². The molecule has 2 aliphatic heterocycles. The zero-order chi connectivity index (χ0) is 21.2. The van der Waals surface area contributed by atoms with Gasteiger partial charge in [-0.2, -0.15) is 0 Å². The van der Waals surface area contributed by atoms with Crippen LogP contribution in [-0.2, 0) is 17.6 Å². The van der Waals surface area contributed by atoms with Crippen LogP contribution in [0, 0.1) is 0 Å². The number of anilines is 1. The molecule has 0 radical (unpaired) electrons. The molecule has 1 unspecified atom stereocenters. The minimum absolute atomic E-state index is 0.206. The monoisotopic (exact) mass is 415 g/mol. The fourth-order valence-corrected chi connectivity index (χ4v) is 5.33. The van der Waals surface area contributed by atoms with Crippen molar-refractivity contribution in [3.8, 4) is 11.4 Å². The summed E-state index contributed by atoms with van der Waals surface area (Å²) < 4.78 is 0. The van der Waals surface area contributed by atoms with E-state index in [9.17, 15) is 9.59 Å². The summed E-state index contributed by atoms with van der Waals surface area (Å²) in [6, 6.07) is 12.5. The van der Waals surface area contributed by atoms with Crippen LogP contribution in [0.1, 0.15) is 30.4 Å². The number of aromatic nitrogens is 2. The van der Waals surface area contributed by atoms with Crippen molar-refractivity contribution in [1.29, 1.82) is 0 Å². The van der Waals surface area contributed by atoms with Gasteiger partial charge in [-0.3, -0.25) is 10.1 Å².